The number of carbonyl (C=O) groups is 1. The molecular formula is C12H15N5O3. The van der Waals surface area contributed by atoms with Crippen LogP contribution in [-0.4, -0.2) is 41.0 Å². The maximum Gasteiger partial charge on any atom is 0.327 e. The third kappa shape index (κ3) is 2.75. The van der Waals surface area contributed by atoms with Gasteiger partial charge in [0.1, 0.15) is 11.3 Å². The molecule has 0 saturated carbocycles. The first-order chi connectivity index (χ1) is 9.52. The third-order valence-corrected chi connectivity index (χ3v) is 2.80. The van der Waals surface area contributed by atoms with Crippen molar-refractivity contribution in [2.45, 2.75) is 6.92 Å². The summed E-state index contributed by atoms with van der Waals surface area (Å²) in [6.07, 6.45) is 0. The number of aromatic nitrogens is 3. The Hall–Kier alpha value is -2.48. The minimum atomic E-state index is -0.651. The van der Waals surface area contributed by atoms with Crippen molar-refractivity contribution in [1.82, 2.24) is 25.6 Å². The highest BCUT2D eigenvalue weighted by Gasteiger charge is 2.12. The summed E-state index contributed by atoms with van der Waals surface area (Å²) in [5.41, 5.74) is -0.325. The summed E-state index contributed by atoms with van der Waals surface area (Å²) in [5, 5.41) is 5.86. The summed E-state index contributed by atoms with van der Waals surface area (Å²) >= 11 is 0. The first-order valence-corrected chi connectivity index (χ1v) is 6.09. The molecule has 2 heterocycles. The van der Waals surface area contributed by atoms with Gasteiger partial charge >= 0.3 is 5.69 Å². The highest BCUT2D eigenvalue weighted by Crippen LogP contribution is 2.10. The van der Waals surface area contributed by atoms with Gasteiger partial charge in [0, 0.05) is 13.1 Å². The predicted molar refractivity (Wildman–Crippen MR) is 74.0 cm³/mol. The lowest BCUT2D eigenvalue weighted by atomic mass is 10.1. The Kier molecular flexibility index (Phi) is 3.94. The summed E-state index contributed by atoms with van der Waals surface area (Å²) in [4.78, 5) is 43.4. The van der Waals surface area contributed by atoms with Crippen LogP contribution in [0.15, 0.2) is 15.7 Å². The van der Waals surface area contributed by atoms with E-state index >= 15 is 0 Å². The van der Waals surface area contributed by atoms with Crippen LogP contribution in [0, 0.1) is 6.92 Å². The van der Waals surface area contributed by atoms with Crippen molar-refractivity contribution in [2.75, 3.05) is 20.1 Å². The number of likely N-dealkylation sites (N-methyl/N-ethyl adjacent to an activating group) is 1. The Morgan fingerprint density at radius 1 is 1.30 bits per heavy atom. The molecule has 20 heavy (non-hydrogen) atoms. The number of hydrogen-bond donors (Lipinski definition) is 4. The first kappa shape index (κ1) is 13.9. The van der Waals surface area contributed by atoms with Gasteiger partial charge in [-0.15, -0.1) is 0 Å². The molecule has 0 saturated heterocycles. The zero-order valence-electron chi connectivity index (χ0n) is 11.2. The van der Waals surface area contributed by atoms with Gasteiger partial charge in [-0.05, 0) is 25.6 Å². The largest absolute Gasteiger partial charge is 0.349 e. The van der Waals surface area contributed by atoms with Gasteiger partial charge in [0.25, 0.3) is 11.5 Å². The van der Waals surface area contributed by atoms with Crippen LogP contribution in [0.5, 0.6) is 0 Å². The topological polar surface area (TPSA) is 120 Å². The highest BCUT2D eigenvalue weighted by molar-refractivity contribution is 5.95. The van der Waals surface area contributed by atoms with Gasteiger partial charge in [0.05, 0.1) is 5.39 Å². The average molecular weight is 277 g/mol. The van der Waals surface area contributed by atoms with Gasteiger partial charge in [-0.25, -0.2) is 9.78 Å². The molecule has 106 valence electrons. The minimum Gasteiger partial charge on any atom is -0.349 e. The van der Waals surface area contributed by atoms with Crippen LogP contribution < -0.4 is 21.9 Å². The fourth-order valence-electron chi connectivity index (χ4n) is 1.86. The first-order valence-electron chi connectivity index (χ1n) is 6.09. The van der Waals surface area contributed by atoms with E-state index in [1.165, 1.54) is 6.07 Å². The number of H-pyrrole nitrogens is 2. The number of pyridine rings is 1. The molecule has 0 atom stereocenters. The standard InChI is InChI=1S/C12H15N5O3/c1-6-5-7(10(18)14-4-3-13-2)15-9-8(6)11(19)17-12(20)16-9/h5,13H,3-4H2,1-2H3,(H,14,18)(H2,15,16,17,19,20). The van der Waals surface area contributed by atoms with E-state index in [1.807, 2.05) is 0 Å². The Morgan fingerprint density at radius 2 is 2.05 bits per heavy atom. The number of carbonyl (C=O) groups excluding carboxylic acids is 1. The summed E-state index contributed by atoms with van der Waals surface area (Å²) in [6, 6.07) is 1.52. The molecule has 0 spiro atoms. The fourth-order valence-corrected chi connectivity index (χ4v) is 1.86. The molecule has 2 rings (SSSR count). The summed E-state index contributed by atoms with van der Waals surface area (Å²) in [5.74, 6) is -0.355. The Morgan fingerprint density at radius 3 is 2.75 bits per heavy atom. The lowest BCUT2D eigenvalue weighted by Gasteiger charge is -2.06. The molecule has 2 aromatic rings. The lowest BCUT2D eigenvalue weighted by molar-refractivity contribution is 0.0949. The molecule has 0 radical (unpaired) electrons. The van der Waals surface area contributed by atoms with Gasteiger partial charge in [-0.3, -0.25) is 19.6 Å². The molecule has 2 aromatic heterocycles. The van der Waals surface area contributed by atoms with Gasteiger partial charge in [0.15, 0.2) is 0 Å². The molecule has 0 unspecified atom stereocenters. The molecule has 0 aromatic carbocycles. The van der Waals surface area contributed by atoms with Crippen molar-refractivity contribution in [3.05, 3.63) is 38.2 Å². The van der Waals surface area contributed by atoms with E-state index in [4.69, 9.17) is 0 Å². The van der Waals surface area contributed by atoms with E-state index in [0.717, 1.165) is 0 Å². The second-order valence-electron chi connectivity index (χ2n) is 4.32. The number of nitrogens with one attached hydrogen (secondary N) is 4. The maximum absolute atomic E-state index is 11.9. The quantitative estimate of drug-likeness (QED) is 0.527. The van der Waals surface area contributed by atoms with Crippen LogP contribution in [0.25, 0.3) is 11.0 Å². The molecule has 8 heteroatoms. The molecule has 4 N–H and O–H groups in total. The molecule has 0 aliphatic heterocycles. The lowest BCUT2D eigenvalue weighted by Crippen LogP contribution is -2.31. The third-order valence-electron chi connectivity index (χ3n) is 2.80. The maximum atomic E-state index is 11.9. The van der Waals surface area contributed by atoms with Crippen molar-refractivity contribution in [1.29, 1.82) is 0 Å². The van der Waals surface area contributed by atoms with E-state index in [1.54, 1.807) is 14.0 Å². The monoisotopic (exact) mass is 277 g/mol. The SMILES string of the molecule is CNCCNC(=O)c1cc(C)c2c(=O)[nH]c(=O)[nH]c2n1. The fraction of sp³-hybridized carbons (Fsp3) is 0.333. The van der Waals surface area contributed by atoms with E-state index in [-0.39, 0.29) is 22.6 Å². The Balaban J connectivity index is 2.45. The Labute approximate surface area is 113 Å². The van der Waals surface area contributed by atoms with Crippen molar-refractivity contribution in [2.24, 2.45) is 0 Å². The number of rotatable bonds is 4. The van der Waals surface area contributed by atoms with Crippen molar-refractivity contribution >= 4 is 16.9 Å². The van der Waals surface area contributed by atoms with Crippen molar-refractivity contribution < 1.29 is 4.79 Å². The number of fused-ring (bicyclic) bond motifs is 1. The molecule has 8 nitrogen and oxygen atoms in total. The highest BCUT2D eigenvalue weighted by atomic mass is 16.2. The Bertz CT molecular complexity index is 762. The molecule has 0 aliphatic carbocycles. The molecule has 0 fully saturated rings. The number of aromatic amines is 2. The zero-order chi connectivity index (χ0) is 14.7. The van der Waals surface area contributed by atoms with Gasteiger partial charge in [-0.1, -0.05) is 0 Å². The molecular weight excluding hydrogens is 262 g/mol. The van der Waals surface area contributed by atoms with Gasteiger partial charge in [0.2, 0.25) is 0 Å². The van der Waals surface area contributed by atoms with Crippen LogP contribution in [0.2, 0.25) is 0 Å². The summed E-state index contributed by atoms with van der Waals surface area (Å²) in [7, 11) is 1.78. The molecule has 0 bridgehead atoms. The van der Waals surface area contributed by atoms with Crippen LogP contribution in [-0.2, 0) is 0 Å². The normalized spacial score (nSPS) is 10.7. The number of hydrogen-bond acceptors (Lipinski definition) is 5. The zero-order valence-corrected chi connectivity index (χ0v) is 11.2. The van der Waals surface area contributed by atoms with E-state index in [0.29, 0.717) is 18.7 Å². The molecule has 0 aliphatic rings. The summed E-state index contributed by atoms with van der Waals surface area (Å²) in [6.45, 7) is 2.77. The number of nitrogens with zero attached hydrogens (tertiary/aromatic N) is 1. The van der Waals surface area contributed by atoms with Crippen LogP contribution in [0.4, 0.5) is 0 Å². The minimum absolute atomic E-state index is 0.109. The second kappa shape index (κ2) is 5.66. The number of aryl methyl sites for hydroxylation is 1. The second-order valence-corrected chi connectivity index (χ2v) is 4.32. The van der Waals surface area contributed by atoms with Crippen LogP contribution in [0.1, 0.15) is 16.1 Å². The van der Waals surface area contributed by atoms with E-state index < -0.39 is 11.2 Å². The van der Waals surface area contributed by atoms with Gasteiger partial charge < -0.3 is 10.6 Å². The van der Waals surface area contributed by atoms with Crippen molar-refractivity contribution in [3.63, 3.8) is 0 Å². The number of amides is 1. The summed E-state index contributed by atoms with van der Waals surface area (Å²) < 4.78 is 0. The average Bonchev–Trinajstić information content (AvgIpc) is 2.37. The predicted octanol–water partition coefficient (Wildman–Crippen LogP) is -1.13. The molecule has 1 amide bonds. The van der Waals surface area contributed by atoms with Gasteiger partial charge in [-0.2, -0.15) is 0 Å². The van der Waals surface area contributed by atoms with Crippen LogP contribution >= 0.6 is 0 Å². The smallest absolute Gasteiger partial charge is 0.327 e. The van der Waals surface area contributed by atoms with Crippen LogP contribution in [0.3, 0.4) is 0 Å². The van der Waals surface area contributed by atoms with Crippen molar-refractivity contribution in [3.8, 4) is 0 Å². The van der Waals surface area contributed by atoms with E-state index in [9.17, 15) is 14.4 Å². The van der Waals surface area contributed by atoms with E-state index in [2.05, 4.69) is 25.6 Å².